The van der Waals surface area contributed by atoms with Crippen LogP contribution in [0.3, 0.4) is 0 Å². The fourth-order valence-electron chi connectivity index (χ4n) is 3.75. The highest BCUT2D eigenvalue weighted by Gasteiger charge is 2.46. The van der Waals surface area contributed by atoms with E-state index < -0.39 is 24.1 Å². The summed E-state index contributed by atoms with van der Waals surface area (Å²) in [4.78, 5) is 39.1. The van der Waals surface area contributed by atoms with Gasteiger partial charge in [-0.1, -0.05) is 72.8 Å². The van der Waals surface area contributed by atoms with E-state index in [1.807, 2.05) is 72.8 Å². The molecule has 4 rings (SSSR count). The third kappa shape index (κ3) is 5.68. The largest absolute Gasteiger partial charge is 0.464 e. The second-order valence-corrected chi connectivity index (χ2v) is 8.01. The molecule has 3 aromatic rings. The Hall–Kier alpha value is -3.87. The van der Waals surface area contributed by atoms with Gasteiger partial charge in [-0.3, -0.25) is 4.79 Å². The summed E-state index contributed by atoms with van der Waals surface area (Å²) in [5, 5.41) is 7.89. The van der Waals surface area contributed by atoms with Crippen molar-refractivity contribution in [2.75, 3.05) is 13.2 Å². The minimum atomic E-state index is -0.786. The van der Waals surface area contributed by atoms with Gasteiger partial charge < -0.3 is 20.3 Å². The van der Waals surface area contributed by atoms with Crippen molar-refractivity contribution in [1.29, 1.82) is 0 Å². The SMILES string of the molecule is CCOC(=O)[C@@H]1CN1C(=O)N[C@@H](Cc1ccc2ccccc2c1)C(=O)NCc1ccccc1. The molecule has 3 amide bonds. The maximum atomic E-state index is 13.0. The van der Waals surface area contributed by atoms with Gasteiger partial charge >= 0.3 is 12.0 Å². The molecule has 33 heavy (non-hydrogen) atoms. The van der Waals surface area contributed by atoms with Crippen molar-refractivity contribution >= 4 is 28.7 Å². The lowest BCUT2D eigenvalue weighted by Crippen LogP contribution is -2.49. The lowest BCUT2D eigenvalue weighted by atomic mass is 10.0. The van der Waals surface area contributed by atoms with E-state index in [0.717, 1.165) is 21.9 Å². The number of carbonyl (C=O) groups excluding carboxylic acids is 3. The number of urea groups is 1. The van der Waals surface area contributed by atoms with Crippen LogP contribution in [0, 0.1) is 0 Å². The van der Waals surface area contributed by atoms with Crippen molar-refractivity contribution in [3.63, 3.8) is 0 Å². The number of carbonyl (C=O) groups is 3. The van der Waals surface area contributed by atoms with Crippen molar-refractivity contribution < 1.29 is 19.1 Å². The Balaban J connectivity index is 1.46. The monoisotopic (exact) mass is 445 g/mol. The quantitative estimate of drug-likeness (QED) is 0.412. The summed E-state index contributed by atoms with van der Waals surface area (Å²) in [6, 6.07) is 21.7. The lowest BCUT2D eigenvalue weighted by molar-refractivity contribution is -0.143. The van der Waals surface area contributed by atoms with Gasteiger partial charge in [-0.2, -0.15) is 0 Å². The molecule has 1 aliphatic rings. The number of rotatable bonds is 8. The van der Waals surface area contributed by atoms with Gasteiger partial charge in [0.25, 0.3) is 0 Å². The fraction of sp³-hybridized carbons (Fsp3) is 0.269. The Morgan fingerprint density at radius 3 is 2.45 bits per heavy atom. The minimum Gasteiger partial charge on any atom is -0.464 e. The molecule has 1 heterocycles. The molecule has 0 unspecified atom stereocenters. The van der Waals surface area contributed by atoms with Gasteiger partial charge in [0.05, 0.1) is 13.2 Å². The summed E-state index contributed by atoms with van der Waals surface area (Å²) in [5.74, 6) is -0.706. The Bertz CT molecular complexity index is 1150. The Kier molecular flexibility index (Phi) is 6.88. The number of ether oxygens (including phenoxy) is 1. The maximum Gasteiger partial charge on any atom is 0.330 e. The molecule has 0 aromatic heterocycles. The van der Waals surface area contributed by atoms with E-state index in [1.165, 1.54) is 4.90 Å². The summed E-state index contributed by atoms with van der Waals surface area (Å²) in [5.41, 5.74) is 1.90. The number of amides is 3. The van der Waals surface area contributed by atoms with Crippen LogP contribution in [0.15, 0.2) is 72.8 Å². The van der Waals surface area contributed by atoms with Crippen LogP contribution in [0.2, 0.25) is 0 Å². The van der Waals surface area contributed by atoms with Crippen LogP contribution in [-0.2, 0) is 27.3 Å². The van der Waals surface area contributed by atoms with Gasteiger partial charge in [-0.25, -0.2) is 9.59 Å². The Morgan fingerprint density at radius 1 is 0.970 bits per heavy atom. The summed E-state index contributed by atoms with van der Waals surface area (Å²) < 4.78 is 4.98. The van der Waals surface area contributed by atoms with Gasteiger partial charge in [0.15, 0.2) is 0 Å². The first-order valence-electron chi connectivity index (χ1n) is 11.1. The summed E-state index contributed by atoms with van der Waals surface area (Å²) in [6.45, 7) is 2.64. The van der Waals surface area contributed by atoms with Crippen LogP contribution in [0.1, 0.15) is 18.1 Å². The molecule has 0 saturated carbocycles. The fourth-order valence-corrected chi connectivity index (χ4v) is 3.75. The predicted molar refractivity (Wildman–Crippen MR) is 125 cm³/mol. The summed E-state index contributed by atoms with van der Waals surface area (Å²) in [7, 11) is 0. The van der Waals surface area contributed by atoms with E-state index in [1.54, 1.807) is 6.92 Å². The Labute approximate surface area is 192 Å². The second-order valence-electron chi connectivity index (χ2n) is 8.01. The topological polar surface area (TPSA) is 87.5 Å². The zero-order valence-corrected chi connectivity index (χ0v) is 18.5. The van der Waals surface area contributed by atoms with Crippen LogP contribution in [-0.4, -0.2) is 48.0 Å². The molecular weight excluding hydrogens is 418 g/mol. The van der Waals surface area contributed by atoms with E-state index in [9.17, 15) is 14.4 Å². The highest BCUT2D eigenvalue weighted by atomic mass is 16.5. The predicted octanol–water partition coefficient (Wildman–Crippen LogP) is 3.02. The van der Waals surface area contributed by atoms with Crippen molar-refractivity contribution in [3.8, 4) is 0 Å². The van der Waals surface area contributed by atoms with E-state index in [0.29, 0.717) is 19.5 Å². The Morgan fingerprint density at radius 2 is 1.70 bits per heavy atom. The van der Waals surface area contributed by atoms with Crippen LogP contribution >= 0.6 is 0 Å². The van der Waals surface area contributed by atoms with Crippen molar-refractivity contribution in [3.05, 3.63) is 83.9 Å². The summed E-state index contributed by atoms with van der Waals surface area (Å²) in [6.07, 6.45) is 0.328. The van der Waals surface area contributed by atoms with Crippen LogP contribution in [0.5, 0.6) is 0 Å². The van der Waals surface area contributed by atoms with Gasteiger partial charge in [0, 0.05) is 13.0 Å². The molecule has 2 N–H and O–H groups in total. The average molecular weight is 446 g/mol. The van der Waals surface area contributed by atoms with Crippen molar-refractivity contribution in [2.45, 2.75) is 32.0 Å². The van der Waals surface area contributed by atoms with Crippen LogP contribution in [0.4, 0.5) is 4.79 Å². The molecule has 170 valence electrons. The molecule has 0 spiro atoms. The maximum absolute atomic E-state index is 13.0. The number of benzene rings is 3. The average Bonchev–Trinajstić information content (AvgIpc) is 3.64. The molecule has 1 saturated heterocycles. The summed E-state index contributed by atoms with van der Waals surface area (Å²) >= 11 is 0. The van der Waals surface area contributed by atoms with Crippen LogP contribution in [0.25, 0.3) is 10.8 Å². The molecule has 0 bridgehead atoms. The lowest BCUT2D eigenvalue weighted by Gasteiger charge is -2.19. The number of nitrogens with one attached hydrogen (secondary N) is 2. The first kappa shape index (κ1) is 22.3. The first-order valence-corrected chi connectivity index (χ1v) is 11.1. The third-order valence-electron chi connectivity index (χ3n) is 5.61. The van der Waals surface area contributed by atoms with E-state index >= 15 is 0 Å². The van der Waals surface area contributed by atoms with E-state index in [2.05, 4.69) is 10.6 Å². The molecule has 3 aromatic carbocycles. The third-order valence-corrected chi connectivity index (χ3v) is 5.61. The standard InChI is InChI=1S/C26H27N3O4/c1-2-33-25(31)23-17-29(23)26(32)28-22(24(30)27-16-18-8-4-3-5-9-18)15-19-12-13-20-10-6-7-11-21(20)14-19/h3-14,22-23H,2,15-17H2,1H3,(H,27,30)(H,28,32)/t22-,23-,29?/m0/s1. The molecule has 7 nitrogen and oxygen atoms in total. The van der Waals surface area contributed by atoms with Gasteiger partial charge in [-0.05, 0) is 28.8 Å². The highest BCUT2D eigenvalue weighted by molar-refractivity contribution is 5.92. The van der Waals surface area contributed by atoms with E-state index in [4.69, 9.17) is 4.74 Å². The molecule has 0 aliphatic carbocycles. The normalized spacial score (nSPS) is 15.5. The van der Waals surface area contributed by atoms with E-state index in [-0.39, 0.29) is 12.5 Å². The molecule has 1 fully saturated rings. The molecule has 7 heteroatoms. The first-order chi connectivity index (χ1) is 16.0. The number of fused-ring (bicyclic) bond motifs is 1. The minimum absolute atomic E-state index is 0.261. The smallest absolute Gasteiger partial charge is 0.330 e. The molecule has 0 radical (unpaired) electrons. The number of esters is 1. The zero-order valence-electron chi connectivity index (χ0n) is 18.5. The van der Waals surface area contributed by atoms with Crippen LogP contribution < -0.4 is 10.6 Å². The molecular formula is C26H27N3O4. The molecule has 2 atom stereocenters. The van der Waals surface area contributed by atoms with Crippen molar-refractivity contribution in [1.82, 2.24) is 15.5 Å². The number of hydrogen-bond donors (Lipinski definition) is 2. The highest BCUT2D eigenvalue weighted by Crippen LogP contribution is 2.20. The zero-order chi connectivity index (χ0) is 23.2. The van der Waals surface area contributed by atoms with Gasteiger partial charge in [0.1, 0.15) is 12.1 Å². The second kappa shape index (κ2) is 10.2. The number of nitrogens with zero attached hydrogens (tertiary/aromatic N) is 1. The van der Waals surface area contributed by atoms with Gasteiger partial charge in [-0.15, -0.1) is 0 Å². The number of hydrogen-bond acceptors (Lipinski definition) is 4. The van der Waals surface area contributed by atoms with Crippen molar-refractivity contribution in [2.24, 2.45) is 0 Å². The van der Waals surface area contributed by atoms with Gasteiger partial charge in [0.2, 0.25) is 5.91 Å². The molecule has 1 aliphatic heterocycles.